The Bertz CT molecular complexity index is 257. The summed E-state index contributed by atoms with van der Waals surface area (Å²) in [6, 6.07) is 0. The van der Waals surface area contributed by atoms with Gasteiger partial charge >= 0.3 is 11.9 Å². The Labute approximate surface area is 96.3 Å². The lowest BCUT2D eigenvalue weighted by atomic mass is 9.65. The Morgan fingerprint density at radius 1 is 0.812 bits per heavy atom. The lowest BCUT2D eigenvalue weighted by Gasteiger charge is -2.39. The van der Waals surface area contributed by atoms with Gasteiger partial charge in [-0.05, 0) is 39.5 Å². The summed E-state index contributed by atoms with van der Waals surface area (Å²) in [6.07, 6.45) is 2.69. The monoisotopic (exact) mass is 228 g/mol. The second kappa shape index (κ2) is 4.44. The van der Waals surface area contributed by atoms with E-state index >= 15 is 0 Å². The van der Waals surface area contributed by atoms with Gasteiger partial charge in [0.05, 0.1) is 25.0 Å². The van der Waals surface area contributed by atoms with Crippen LogP contribution in [0.3, 0.4) is 0 Å². The highest BCUT2D eigenvalue weighted by Gasteiger charge is 2.46. The fourth-order valence-corrected chi connectivity index (χ4v) is 2.25. The predicted molar refractivity (Wildman–Crippen MR) is 58.7 cm³/mol. The van der Waals surface area contributed by atoms with Crippen molar-refractivity contribution < 1.29 is 19.1 Å². The highest BCUT2D eigenvalue weighted by Crippen LogP contribution is 2.46. The van der Waals surface area contributed by atoms with E-state index in [4.69, 9.17) is 9.47 Å². The van der Waals surface area contributed by atoms with Crippen LogP contribution in [0, 0.1) is 10.8 Å². The molecule has 0 unspecified atom stereocenters. The molecule has 0 aromatic carbocycles. The number of ether oxygens (including phenoxy) is 2. The molecule has 0 bridgehead atoms. The Balaban J connectivity index is 2.70. The Hall–Kier alpha value is -1.06. The molecule has 0 N–H and O–H groups in total. The van der Waals surface area contributed by atoms with Gasteiger partial charge in [0, 0.05) is 0 Å². The fraction of sp³-hybridized carbons (Fsp3) is 0.833. The SMILES string of the molecule is COC(=O)[C@]1(C)CC[C@@](C)(C(=O)OC)CC1. The largest absolute Gasteiger partial charge is 0.469 e. The molecule has 16 heavy (non-hydrogen) atoms. The normalized spacial score (nSPS) is 34.2. The molecule has 0 spiro atoms. The molecule has 1 saturated carbocycles. The molecule has 0 heterocycles. The van der Waals surface area contributed by atoms with Crippen molar-refractivity contribution in [3.8, 4) is 0 Å². The molecule has 0 aromatic rings. The second-order valence-corrected chi connectivity index (χ2v) is 5.10. The van der Waals surface area contributed by atoms with Crippen molar-refractivity contribution in [3.63, 3.8) is 0 Å². The van der Waals surface area contributed by atoms with Gasteiger partial charge in [-0.15, -0.1) is 0 Å². The standard InChI is InChI=1S/C12H20O4/c1-11(9(13)15-3)5-7-12(2,8-6-11)10(14)16-4/h5-8H2,1-4H3/t11-,12-. The van der Waals surface area contributed by atoms with Crippen molar-refractivity contribution in [2.75, 3.05) is 14.2 Å². The van der Waals surface area contributed by atoms with E-state index in [-0.39, 0.29) is 11.9 Å². The summed E-state index contributed by atoms with van der Waals surface area (Å²) >= 11 is 0. The van der Waals surface area contributed by atoms with Gasteiger partial charge in [-0.1, -0.05) is 0 Å². The van der Waals surface area contributed by atoms with Gasteiger partial charge in [-0.3, -0.25) is 9.59 Å². The van der Waals surface area contributed by atoms with E-state index in [2.05, 4.69) is 0 Å². The number of carbonyl (C=O) groups is 2. The topological polar surface area (TPSA) is 52.6 Å². The van der Waals surface area contributed by atoms with Gasteiger partial charge in [0.15, 0.2) is 0 Å². The molecule has 1 aliphatic carbocycles. The molecule has 0 aromatic heterocycles. The van der Waals surface area contributed by atoms with E-state index in [9.17, 15) is 9.59 Å². The lowest BCUT2D eigenvalue weighted by Crippen LogP contribution is -2.41. The van der Waals surface area contributed by atoms with Crippen molar-refractivity contribution in [1.82, 2.24) is 0 Å². The zero-order valence-corrected chi connectivity index (χ0v) is 10.5. The first kappa shape index (κ1) is 13.0. The van der Waals surface area contributed by atoms with Crippen molar-refractivity contribution in [1.29, 1.82) is 0 Å². The summed E-state index contributed by atoms with van der Waals surface area (Å²) in [4.78, 5) is 23.2. The maximum absolute atomic E-state index is 11.6. The highest BCUT2D eigenvalue weighted by molar-refractivity contribution is 5.79. The molecule has 4 nitrogen and oxygen atoms in total. The van der Waals surface area contributed by atoms with E-state index in [1.54, 1.807) is 0 Å². The van der Waals surface area contributed by atoms with Crippen LogP contribution >= 0.6 is 0 Å². The molecule has 1 fully saturated rings. The number of methoxy groups -OCH3 is 2. The molecule has 92 valence electrons. The number of esters is 2. The maximum atomic E-state index is 11.6. The highest BCUT2D eigenvalue weighted by atomic mass is 16.5. The van der Waals surface area contributed by atoms with Crippen molar-refractivity contribution >= 4 is 11.9 Å². The van der Waals surface area contributed by atoms with Gasteiger partial charge in [0.2, 0.25) is 0 Å². The Kier molecular flexibility index (Phi) is 3.61. The fourth-order valence-electron chi connectivity index (χ4n) is 2.25. The molecular formula is C12H20O4. The molecular weight excluding hydrogens is 208 g/mol. The molecule has 0 amide bonds. The first-order valence-electron chi connectivity index (χ1n) is 5.55. The second-order valence-electron chi connectivity index (χ2n) is 5.10. The van der Waals surface area contributed by atoms with E-state index in [1.807, 2.05) is 13.8 Å². The van der Waals surface area contributed by atoms with Crippen molar-refractivity contribution in [3.05, 3.63) is 0 Å². The number of hydrogen-bond acceptors (Lipinski definition) is 4. The van der Waals surface area contributed by atoms with E-state index in [0.29, 0.717) is 25.7 Å². The molecule has 1 aliphatic rings. The third kappa shape index (κ3) is 2.20. The predicted octanol–water partition coefficient (Wildman–Crippen LogP) is 1.92. The summed E-state index contributed by atoms with van der Waals surface area (Å²) in [5.41, 5.74) is -0.884. The molecule has 0 atom stereocenters. The van der Waals surface area contributed by atoms with Gasteiger partial charge in [-0.2, -0.15) is 0 Å². The van der Waals surface area contributed by atoms with E-state index < -0.39 is 10.8 Å². The van der Waals surface area contributed by atoms with Gasteiger partial charge in [-0.25, -0.2) is 0 Å². The van der Waals surface area contributed by atoms with Crippen LogP contribution in [0.4, 0.5) is 0 Å². The summed E-state index contributed by atoms with van der Waals surface area (Å²) in [7, 11) is 2.81. The van der Waals surface area contributed by atoms with Gasteiger partial charge in [0.25, 0.3) is 0 Å². The van der Waals surface area contributed by atoms with Crippen LogP contribution in [0.1, 0.15) is 39.5 Å². The first-order valence-corrected chi connectivity index (χ1v) is 5.55. The molecule has 0 aliphatic heterocycles. The average Bonchev–Trinajstić information content (AvgIpc) is 2.31. The van der Waals surface area contributed by atoms with Crippen LogP contribution in [-0.2, 0) is 19.1 Å². The zero-order chi connectivity index (χ0) is 12.4. The average molecular weight is 228 g/mol. The summed E-state index contributed by atoms with van der Waals surface area (Å²) in [6.45, 7) is 3.80. The third-order valence-corrected chi connectivity index (χ3v) is 3.81. The maximum Gasteiger partial charge on any atom is 0.311 e. The number of carbonyl (C=O) groups excluding carboxylic acids is 2. The minimum Gasteiger partial charge on any atom is -0.469 e. The lowest BCUT2D eigenvalue weighted by molar-refractivity contribution is -0.162. The summed E-state index contributed by atoms with van der Waals surface area (Å²) in [5, 5.41) is 0. The van der Waals surface area contributed by atoms with Crippen molar-refractivity contribution in [2.45, 2.75) is 39.5 Å². The van der Waals surface area contributed by atoms with Gasteiger partial charge < -0.3 is 9.47 Å². The Morgan fingerprint density at radius 2 is 1.06 bits per heavy atom. The molecule has 0 saturated heterocycles. The number of hydrogen-bond donors (Lipinski definition) is 0. The quantitative estimate of drug-likeness (QED) is 0.677. The van der Waals surface area contributed by atoms with E-state index in [1.165, 1.54) is 14.2 Å². The van der Waals surface area contributed by atoms with Crippen molar-refractivity contribution in [2.24, 2.45) is 10.8 Å². The minimum absolute atomic E-state index is 0.181. The molecule has 1 rings (SSSR count). The Morgan fingerprint density at radius 3 is 1.25 bits per heavy atom. The van der Waals surface area contributed by atoms with Crippen LogP contribution in [0.25, 0.3) is 0 Å². The van der Waals surface area contributed by atoms with Crippen LogP contribution in [0.2, 0.25) is 0 Å². The minimum atomic E-state index is -0.442. The van der Waals surface area contributed by atoms with Crippen LogP contribution in [0.5, 0.6) is 0 Å². The van der Waals surface area contributed by atoms with Gasteiger partial charge in [0.1, 0.15) is 0 Å². The summed E-state index contributed by atoms with van der Waals surface area (Å²) < 4.78 is 9.59. The van der Waals surface area contributed by atoms with Crippen LogP contribution in [-0.4, -0.2) is 26.2 Å². The first-order chi connectivity index (χ1) is 7.38. The van der Waals surface area contributed by atoms with Crippen LogP contribution < -0.4 is 0 Å². The number of rotatable bonds is 2. The van der Waals surface area contributed by atoms with E-state index in [0.717, 1.165) is 0 Å². The zero-order valence-electron chi connectivity index (χ0n) is 10.5. The molecule has 0 radical (unpaired) electrons. The smallest absolute Gasteiger partial charge is 0.311 e. The molecule has 4 heteroatoms. The van der Waals surface area contributed by atoms with Crippen LogP contribution in [0.15, 0.2) is 0 Å². The summed E-state index contributed by atoms with van der Waals surface area (Å²) in [5.74, 6) is -0.362. The third-order valence-electron chi connectivity index (χ3n) is 3.81.